The van der Waals surface area contributed by atoms with Crippen molar-refractivity contribution in [3.05, 3.63) is 64.1 Å². The van der Waals surface area contributed by atoms with Gasteiger partial charge in [0.25, 0.3) is 5.91 Å². The van der Waals surface area contributed by atoms with E-state index < -0.39 is 11.7 Å². The van der Waals surface area contributed by atoms with Crippen LogP contribution in [0.3, 0.4) is 0 Å². The Morgan fingerprint density at radius 1 is 1.26 bits per heavy atom. The summed E-state index contributed by atoms with van der Waals surface area (Å²) in [6.07, 6.45) is 4.09. The largest absolute Gasteiger partial charge is 0.352 e. The lowest BCUT2D eigenvalue weighted by atomic mass is 10.2. The number of aromatic nitrogens is 1. The molecule has 0 atom stereocenters. The van der Waals surface area contributed by atoms with Crippen LogP contribution in [0.1, 0.15) is 15.9 Å². The SMILES string of the molecule is O=C(NCCc1ccncc1)c1ccc(Br)cc1F. The van der Waals surface area contributed by atoms with Gasteiger partial charge >= 0.3 is 0 Å². The highest BCUT2D eigenvalue weighted by atomic mass is 79.9. The molecule has 0 aliphatic rings. The van der Waals surface area contributed by atoms with Crippen molar-refractivity contribution in [3.63, 3.8) is 0 Å². The first-order valence-electron chi connectivity index (χ1n) is 5.79. The molecular formula is C14H12BrFN2O. The van der Waals surface area contributed by atoms with Gasteiger partial charge in [0.1, 0.15) is 5.82 Å². The van der Waals surface area contributed by atoms with Crippen molar-refractivity contribution < 1.29 is 9.18 Å². The van der Waals surface area contributed by atoms with Crippen molar-refractivity contribution in [2.24, 2.45) is 0 Å². The third kappa shape index (κ3) is 3.86. The molecule has 2 rings (SSSR count). The predicted molar refractivity (Wildman–Crippen MR) is 74.4 cm³/mol. The Hall–Kier alpha value is -1.75. The lowest BCUT2D eigenvalue weighted by Gasteiger charge is -2.06. The number of carbonyl (C=O) groups is 1. The molecule has 0 bridgehead atoms. The highest BCUT2D eigenvalue weighted by molar-refractivity contribution is 9.10. The van der Waals surface area contributed by atoms with Gasteiger partial charge in [0.15, 0.2) is 0 Å². The minimum absolute atomic E-state index is 0.0536. The van der Waals surface area contributed by atoms with Gasteiger partial charge in [-0.15, -0.1) is 0 Å². The van der Waals surface area contributed by atoms with Crippen LogP contribution < -0.4 is 5.32 Å². The Morgan fingerprint density at radius 2 is 2.00 bits per heavy atom. The van der Waals surface area contributed by atoms with E-state index in [0.717, 1.165) is 5.56 Å². The summed E-state index contributed by atoms with van der Waals surface area (Å²) in [4.78, 5) is 15.7. The number of pyridine rings is 1. The second-order valence-corrected chi connectivity index (χ2v) is 4.90. The van der Waals surface area contributed by atoms with Crippen molar-refractivity contribution in [1.82, 2.24) is 10.3 Å². The van der Waals surface area contributed by atoms with E-state index in [1.807, 2.05) is 12.1 Å². The summed E-state index contributed by atoms with van der Waals surface area (Å²) < 4.78 is 14.2. The fraction of sp³-hybridized carbons (Fsp3) is 0.143. The summed E-state index contributed by atoms with van der Waals surface area (Å²) in [6, 6.07) is 8.14. The summed E-state index contributed by atoms with van der Waals surface area (Å²) >= 11 is 3.15. The van der Waals surface area contributed by atoms with Gasteiger partial charge in [0, 0.05) is 23.4 Å². The maximum atomic E-state index is 13.6. The van der Waals surface area contributed by atoms with Crippen molar-refractivity contribution in [2.75, 3.05) is 6.54 Å². The number of benzene rings is 1. The summed E-state index contributed by atoms with van der Waals surface area (Å²) in [5, 5.41) is 2.69. The maximum Gasteiger partial charge on any atom is 0.254 e. The summed E-state index contributed by atoms with van der Waals surface area (Å²) in [5.74, 6) is -0.935. The predicted octanol–water partition coefficient (Wildman–Crippen LogP) is 2.96. The topological polar surface area (TPSA) is 42.0 Å². The van der Waals surface area contributed by atoms with Gasteiger partial charge in [-0.3, -0.25) is 9.78 Å². The van der Waals surface area contributed by atoms with E-state index in [2.05, 4.69) is 26.2 Å². The molecule has 1 amide bonds. The molecule has 5 heteroatoms. The molecule has 0 spiro atoms. The molecule has 1 N–H and O–H groups in total. The van der Waals surface area contributed by atoms with Gasteiger partial charge in [0.05, 0.1) is 5.56 Å². The number of carbonyl (C=O) groups excluding carboxylic acids is 1. The van der Waals surface area contributed by atoms with Crippen LogP contribution in [0.4, 0.5) is 4.39 Å². The second kappa shape index (κ2) is 6.43. The Labute approximate surface area is 119 Å². The summed E-state index contributed by atoms with van der Waals surface area (Å²) in [6.45, 7) is 0.457. The molecule has 1 aromatic carbocycles. The first-order valence-corrected chi connectivity index (χ1v) is 6.58. The van der Waals surface area contributed by atoms with E-state index in [4.69, 9.17) is 0 Å². The van der Waals surface area contributed by atoms with E-state index in [0.29, 0.717) is 17.4 Å². The second-order valence-electron chi connectivity index (χ2n) is 3.99. The fourth-order valence-electron chi connectivity index (χ4n) is 1.64. The zero-order valence-electron chi connectivity index (χ0n) is 10.1. The third-order valence-corrected chi connectivity index (χ3v) is 3.12. The molecule has 1 aromatic heterocycles. The first kappa shape index (κ1) is 13.7. The van der Waals surface area contributed by atoms with E-state index in [-0.39, 0.29) is 5.56 Å². The standard InChI is InChI=1S/C14H12BrFN2O/c15-11-1-2-12(13(16)9-11)14(19)18-8-5-10-3-6-17-7-4-10/h1-4,6-7,9H,5,8H2,(H,18,19). The molecule has 0 aliphatic carbocycles. The van der Waals surface area contributed by atoms with E-state index in [1.165, 1.54) is 12.1 Å². The van der Waals surface area contributed by atoms with Crippen LogP contribution in [0.15, 0.2) is 47.2 Å². The van der Waals surface area contributed by atoms with Crippen LogP contribution in [0.25, 0.3) is 0 Å². The number of nitrogens with one attached hydrogen (secondary N) is 1. The van der Waals surface area contributed by atoms with Gasteiger partial charge in [-0.25, -0.2) is 4.39 Å². The molecule has 0 fully saturated rings. The number of nitrogens with zero attached hydrogens (tertiary/aromatic N) is 1. The fourth-order valence-corrected chi connectivity index (χ4v) is 1.97. The Balaban J connectivity index is 1.91. The molecule has 0 aliphatic heterocycles. The normalized spacial score (nSPS) is 10.2. The van der Waals surface area contributed by atoms with Gasteiger partial charge < -0.3 is 5.32 Å². The van der Waals surface area contributed by atoms with Crippen molar-refractivity contribution in [2.45, 2.75) is 6.42 Å². The molecular weight excluding hydrogens is 311 g/mol. The zero-order valence-corrected chi connectivity index (χ0v) is 11.7. The monoisotopic (exact) mass is 322 g/mol. The molecule has 2 aromatic rings. The van der Waals surface area contributed by atoms with Crippen LogP contribution >= 0.6 is 15.9 Å². The molecule has 19 heavy (non-hydrogen) atoms. The minimum Gasteiger partial charge on any atom is -0.352 e. The van der Waals surface area contributed by atoms with Crippen molar-refractivity contribution in [3.8, 4) is 0 Å². The number of amides is 1. The number of hydrogen-bond donors (Lipinski definition) is 1. The van der Waals surface area contributed by atoms with Gasteiger partial charge in [-0.05, 0) is 42.3 Å². The molecule has 98 valence electrons. The van der Waals surface area contributed by atoms with E-state index in [1.54, 1.807) is 18.5 Å². The molecule has 3 nitrogen and oxygen atoms in total. The summed E-state index contributed by atoms with van der Waals surface area (Å²) in [7, 11) is 0. The van der Waals surface area contributed by atoms with E-state index in [9.17, 15) is 9.18 Å². The number of hydrogen-bond acceptors (Lipinski definition) is 2. The lowest BCUT2D eigenvalue weighted by Crippen LogP contribution is -2.26. The molecule has 0 saturated heterocycles. The summed E-state index contributed by atoms with van der Waals surface area (Å²) in [5.41, 5.74) is 1.13. The van der Waals surface area contributed by atoms with Crippen LogP contribution in [0.5, 0.6) is 0 Å². The molecule has 0 saturated carbocycles. The number of rotatable bonds is 4. The molecule has 0 unspecified atom stereocenters. The van der Waals surface area contributed by atoms with Crippen molar-refractivity contribution in [1.29, 1.82) is 0 Å². The average molecular weight is 323 g/mol. The van der Waals surface area contributed by atoms with Crippen LogP contribution in [-0.2, 0) is 6.42 Å². The highest BCUT2D eigenvalue weighted by Gasteiger charge is 2.11. The first-order chi connectivity index (χ1) is 9.16. The van der Waals surface area contributed by atoms with Crippen molar-refractivity contribution >= 4 is 21.8 Å². The van der Waals surface area contributed by atoms with E-state index >= 15 is 0 Å². The smallest absolute Gasteiger partial charge is 0.254 e. The molecule has 1 heterocycles. The van der Waals surface area contributed by atoms with Crippen LogP contribution in [-0.4, -0.2) is 17.4 Å². The Morgan fingerprint density at radius 3 is 2.68 bits per heavy atom. The quantitative estimate of drug-likeness (QED) is 0.940. The highest BCUT2D eigenvalue weighted by Crippen LogP contribution is 2.15. The van der Waals surface area contributed by atoms with Gasteiger partial charge in [-0.2, -0.15) is 0 Å². The minimum atomic E-state index is -0.532. The zero-order chi connectivity index (χ0) is 13.7. The third-order valence-electron chi connectivity index (χ3n) is 2.62. The van der Waals surface area contributed by atoms with Crippen LogP contribution in [0, 0.1) is 5.82 Å². The lowest BCUT2D eigenvalue weighted by molar-refractivity contribution is 0.0950. The van der Waals surface area contributed by atoms with Crippen LogP contribution in [0.2, 0.25) is 0 Å². The Kier molecular flexibility index (Phi) is 4.63. The Bertz CT molecular complexity index is 575. The van der Waals surface area contributed by atoms with Gasteiger partial charge in [0.2, 0.25) is 0 Å². The average Bonchev–Trinajstić information content (AvgIpc) is 2.39. The maximum absolute atomic E-state index is 13.6. The molecule has 0 radical (unpaired) electrons. The number of halogens is 2. The van der Waals surface area contributed by atoms with Gasteiger partial charge in [-0.1, -0.05) is 15.9 Å².